The first-order chi connectivity index (χ1) is 8.06. The molecule has 0 fully saturated rings. The summed E-state index contributed by atoms with van der Waals surface area (Å²) in [6, 6.07) is 3.55. The molecule has 0 bridgehead atoms. The van der Waals surface area contributed by atoms with Crippen LogP contribution in [-0.2, 0) is 0 Å². The fraction of sp³-hybridized carbons (Fsp3) is 0.545. The molecule has 1 heterocycles. The Morgan fingerprint density at radius 1 is 1.59 bits per heavy atom. The average Bonchev–Trinajstić information content (AvgIpc) is 2.35. The predicted molar refractivity (Wildman–Crippen MR) is 71.8 cm³/mol. The second-order valence-electron chi connectivity index (χ2n) is 3.75. The lowest BCUT2D eigenvalue weighted by atomic mass is 10.3. The largest absolute Gasteiger partial charge is 0.368 e. The first kappa shape index (κ1) is 13.8. The minimum Gasteiger partial charge on any atom is -0.368 e. The van der Waals surface area contributed by atoms with Crippen molar-refractivity contribution < 1.29 is 4.92 Å². The van der Waals surface area contributed by atoms with Crippen molar-refractivity contribution >= 4 is 23.3 Å². The number of pyridine rings is 1. The van der Waals surface area contributed by atoms with Crippen LogP contribution in [0.15, 0.2) is 18.3 Å². The van der Waals surface area contributed by atoms with E-state index in [9.17, 15) is 10.1 Å². The van der Waals surface area contributed by atoms with Gasteiger partial charge in [-0.1, -0.05) is 6.92 Å². The molecule has 1 atom stereocenters. The van der Waals surface area contributed by atoms with E-state index in [0.29, 0.717) is 6.04 Å². The van der Waals surface area contributed by atoms with E-state index in [1.165, 1.54) is 6.07 Å². The highest BCUT2D eigenvalue weighted by Gasteiger charge is 2.13. The van der Waals surface area contributed by atoms with Crippen molar-refractivity contribution in [1.29, 1.82) is 0 Å². The lowest BCUT2D eigenvalue weighted by Crippen LogP contribution is -2.31. The summed E-state index contributed by atoms with van der Waals surface area (Å²) in [5, 5.41) is 10.5. The van der Waals surface area contributed by atoms with E-state index in [1.54, 1.807) is 12.3 Å². The van der Waals surface area contributed by atoms with Gasteiger partial charge in [0.05, 0.1) is 5.69 Å². The van der Waals surface area contributed by atoms with Gasteiger partial charge in [0.25, 0.3) is 0 Å². The Hall–Kier alpha value is -1.30. The van der Waals surface area contributed by atoms with Gasteiger partial charge < -0.3 is 15.0 Å². The molecule has 94 valence electrons. The van der Waals surface area contributed by atoms with Gasteiger partial charge in [-0.25, -0.2) is 0 Å². The second-order valence-corrected chi connectivity index (χ2v) is 5.07. The van der Waals surface area contributed by atoms with Crippen LogP contribution in [0.2, 0.25) is 0 Å². The Balaban J connectivity index is 2.68. The molecule has 0 aliphatic heterocycles. The molecule has 0 unspecified atom stereocenters. The molecule has 0 saturated carbocycles. The topological polar surface area (TPSA) is 59.3 Å². The molecule has 17 heavy (non-hydrogen) atoms. The van der Waals surface area contributed by atoms with Crippen LogP contribution in [0.3, 0.4) is 0 Å². The lowest BCUT2D eigenvalue weighted by molar-refractivity contribution is -0.389. The van der Waals surface area contributed by atoms with Gasteiger partial charge in [-0.15, -0.1) is 0 Å². The molecule has 1 aromatic heterocycles. The molecule has 1 rings (SSSR count). The number of nitrogens with zero attached hydrogens (tertiary/aromatic N) is 3. The number of hydrogen-bond acceptors (Lipinski definition) is 5. The van der Waals surface area contributed by atoms with Crippen LogP contribution in [0.25, 0.3) is 0 Å². The highest BCUT2D eigenvalue weighted by molar-refractivity contribution is 7.99. The summed E-state index contributed by atoms with van der Waals surface area (Å²) in [7, 11) is 1.98. The minimum absolute atomic E-state index is 0.113. The van der Waals surface area contributed by atoms with E-state index < -0.39 is 4.92 Å². The summed E-state index contributed by atoms with van der Waals surface area (Å²) < 4.78 is 0. The SMILES string of the molecule is CCSC[C@H](C)N(C)c1ccc([N+](=O)[O-])nc1. The number of rotatable bonds is 6. The van der Waals surface area contributed by atoms with Crippen molar-refractivity contribution in [1.82, 2.24) is 4.98 Å². The smallest absolute Gasteiger partial charge is 0.363 e. The summed E-state index contributed by atoms with van der Waals surface area (Å²) in [4.78, 5) is 15.9. The summed E-state index contributed by atoms with van der Waals surface area (Å²) in [6.45, 7) is 4.26. The zero-order valence-corrected chi connectivity index (χ0v) is 11.1. The highest BCUT2D eigenvalue weighted by atomic mass is 32.2. The normalized spacial score (nSPS) is 12.2. The summed E-state index contributed by atoms with van der Waals surface area (Å²) in [5.41, 5.74) is 0.903. The molecular weight excluding hydrogens is 238 g/mol. The van der Waals surface area contributed by atoms with Gasteiger partial charge in [0.1, 0.15) is 0 Å². The number of aromatic nitrogens is 1. The van der Waals surface area contributed by atoms with Crippen molar-refractivity contribution in [3.63, 3.8) is 0 Å². The Kier molecular flexibility index (Phi) is 5.21. The van der Waals surface area contributed by atoms with E-state index in [0.717, 1.165) is 17.2 Å². The molecule has 0 aliphatic rings. The molecule has 1 aromatic rings. The zero-order valence-electron chi connectivity index (χ0n) is 10.3. The van der Waals surface area contributed by atoms with Crippen LogP contribution < -0.4 is 4.90 Å². The van der Waals surface area contributed by atoms with Crippen molar-refractivity contribution in [2.24, 2.45) is 0 Å². The van der Waals surface area contributed by atoms with E-state index in [-0.39, 0.29) is 5.82 Å². The number of anilines is 1. The van der Waals surface area contributed by atoms with Crippen LogP contribution in [0.5, 0.6) is 0 Å². The van der Waals surface area contributed by atoms with Crippen molar-refractivity contribution in [2.75, 3.05) is 23.5 Å². The molecule has 0 radical (unpaired) electrons. The Bertz CT molecular complexity index is 369. The molecule has 0 spiro atoms. The highest BCUT2D eigenvalue weighted by Crippen LogP contribution is 2.18. The maximum Gasteiger partial charge on any atom is 0.363 e. The number of nitro groups is 1. The third-order valence-electron chi connectivity index (χ3n) is 2.55. The first-order valence-corrected chi connectivity index (χ1v) is 6.62. The molecular formula is C11H17N3O2S. The van der Waals surface area contributed by atoms with Crippen LogP contribution in [0.1, 0.15) is 13.8 Å². The van der Waals surface area contributed by atoms with Crippen LogP contribution in [0, 0.1) is 10.1 Å². The monoisotopic (exact) mass is 255 g/mol. The van der Waals surface area contributed by atoms with Crippen molar-refractivity contribution in [3.8, 4) is 0 Å². The first-order valence-electron chi connectivity index (χ1n) is 5.47. The molecule has 0 N–H and O–H groups in total. The van der Waals surface area contributed by atoms with Crippen LogP contribution in [0.4, 0.5) is 11.5 Å². The van der Waals surface area contributed by atoms with E-state index >= 15 is 0 Å². The maximum absolute atomic E-state index is 10.5. The molecule has 0 aromatic carbocycles. The fourth-order valence-corrected chi connectivity index (χ4v) is 2.15. The van der Waals surface area contributed by atoms with E-state index in [2.05, 4.69) is 23.7 Å². The molecule has 5 nitrogen and oxygen atoms in total. The van der Waals surface area contributed by atoms with Gasteiger partial charge in [-0.3, -0.25) is 0 Å². The second kappa shape index (κ2) is 6.44. The lowest BCUT2D eigenvalue weighted by Gasteiger charge is -2.25. The zero-order chi connectivity index (χ0) is 12.8. The van der Waals surface area contributed by atoms with Gasteiger partial charge in [0, 0.05) is 24.9 Å². The van der Waals surface area contributed by atoms with E-state index in [4.69, 9.17) is 0 Å². The van der Waals surface area contributed by atoms with Gasteiger partial charge >= 0.3 is 5.82 Å². The van der Waals surface area contributed by atoms with Gasteiger partial charge in [-0.05, 0) is 28.7 Å². The van der Waals surface area contributed by atoms with Gasteiger partial charge in [-0.2, -0.15) is 11.8 Å². The number of thioether (sulfide) groups is 1. The minimum atomic E-state index is -0.486. The van der Waals surface area contributed by atoms with Gasteiger partial charge in [0.2, 0.25) is 0 Å². The van der Waals surface area contributed by atoms with Crippen LogP contribution >= 0.6 is 11.8 Å². The Morgan fingerprint density at radius 3 is 2.76 bits per heavy atom. The number of hydrogen-bond donors (Lipinski definition) is 0. The molecule has 0 saturated heterocycles. The molecule has 0 amide bonds. The summed E-state index contributed by atoms with van der Waals surface area (Å²) in [5.74, 6) is 2.01. The summed E-state index contributed by atoms with van der Waals surface area (Å²) in [6.07, 6.45) is 1.55. The van der Waals surface area contributed by atoms with Gasteiger partial charge in [0.15, 0.2) is 6.20 Å². The average molecular weight is 255 g/mol. The standard InChI is InChI=1S/C11H17N3O2S/c1-4-17-8-9(2)13(3)10-5-6-11(12-7-10)14(15)16/h5-7,9H,4,8H2,1-3H3/t9-/m0/s1. The fourth-order valence-electron chi connectivity index (χ4n) is 1.35. The third kappa shape index (κ3) is 3.89. The van der Waals surface area contributed by atoms with Crippen molar-refractivity contribution in [3.05, 3.63) is 28.4 Å². The maximum atomic E-state index is 10.5. The van der Waals surface area contributed by atoms with E-state index in [1.807, 2.05) is 18.8 Å². The molecule has 6 heteroatoms. The molecule has 0 aliphatic carbocycles. The predicted octanol–water partition coefficient (Wildman–Crippen LogP) is 2.57. The van der Waals surface area contributed by atoms with Crippen LogP contribution in [-0.4, -0.2) is 34.5 Å². The van der Waals surface area contributed by atoms with Crippen molar-refractivity contribution in [2.45, 2.75) is 19.9 Å². The Morgan fingerprint density at radius 2 is 2.29 bits per heavy atom. The third-order valence-corrected chi connectivity index (χ3v) is 3.68. The Labute approximate surface area is 105 Å². The quantitative estimate of drug-likeness (QED) is 0.577. The summed E-state index contributed by atoms with van der Waals surface area (Å²) >= 11 is 1.88.